The van der Waals surface area contributed by atoms with Crippen molar-refractivity contribution in [3.8, 4) is 0 Å². The van der Waals surface area contributed by atoms with Gasteiger partial charge in [0.05, 0.1) is 6.61 Å². The van der Waals surface area contributed by atoms with E-state index in [0.717, 1.165) is 18.8 Å². The van der Waals surface area contributed by atoms with Crippen LogP contribution in [-0.2, 0) is 9.53 Å². The van der Waals surface area contributed by atoms with Gasteiger partial charge in [0.25, 0.3) is 0 Å². The van der Waals surface area contributed by atoms with Crippen LogP contribution in [0.4, 0.5) is 0 Å². The van der Waals surface area contributed by atoms with Gasteiger partial charge in [0.1, 0.15) is 6.04 Å². The lowest BCUT2D eigenvalue weighted by molar-refractivity contribution is -0.146. The maximum atomic E-state index is 11.8. The van der Waals surface area contributed by atoms with Crippen molar-refractivity contribution in [1.29, 1.82) is 0 Å². The van der Waals surface area contributed by atoms with Crippen molar-refractivity contribution in [3.05, 3.63) is 0 Å². The van der Waals surface area contributed by atoms with Gasteiger partial charge in [-0.25, -0.2) is 0 Å². The lowest BCUT2D eigenvalue weighted by Gasteiger charge is -2.25. The molecule has 1 rings (SSSR count). The van der Waals surface area contributed by atoms with Crippen LogP contribution in [0, 0.1) is 5.92 Å². The Morgan fingerprint density at radius 1 is 1.35 bits per heavy atom. The number of nitrogens with one attached hydrogen (secondary N) is 1. The zero-order valence-electron chi connectivity index (χ0n) is 11.5. The first-order valence-corrected chi connectivity index (χ1v) is 7.11. The quantitative estimate of drug-likeness (QED) is 0.697. The first-order valence-electron chi connectivity index (χ1n) is 7.11. The normalized spacial score (nSPS) is 20.2. The SMILES string of the molecule is CCCC(NC(C)C1CCCC1)C(=O)OCC. The van der Waals surface area contributed by atoms with Gasteiger partial charge < -0.3 is 10.1 Å². The van der Waals surface area contributed by atoms with Crippen LogP contribution >= 0.6 is 0 Å². The van der Waals surface area contributed by atoms with E-state index in [0.29, 0.717) is 12.6 Å². The molecule has 1 aliphatic rings. The van der Waals surface area contributed by atoms with Gasteiger partial charge in [-0.05, 0) is 39.0 Å². The number of carbonyl (C=O) groups is 1. The fourth-order valence-corrected chi connectivity index (χ4v) is 2.71. The Balaban J connectivity index is 2.43. The predicted molar refractivity (Wildman–Crippen MR) is 69.9 cm³/mol. The number of hydrogen-bond donors (Lipinski definition) is 1. The van der Waals surface area contributed by atoms with Crippen molar-refractivity contribution in [2.24, 2.45) is 5.92 Å². The van der Waals surface area contributed by atoms with Gasteiger partial charge in [0, 0.05) is 6.04 Å². The largest absolute Gasteiger partial charge is 0.465 e. The van der Waals surface area contributed by atoms with Crippen LogP contribution in [0.3, 0.4) is 0 Å². The van der Waals surface area contributed by atoms with Gasteiger partial charge in [-0.3, -0.25) is 4.79 Å². The van der Waals surface area contributed by atoms with Crippen LogP contribution in [0.1, 0.15) is 59.3 Å². The maximum absolute atomic E-state index is 11.8. The maximum Gasteiger partial charge on any atom is 0.323 e. The van der Waals surface area contributed by atoms with E-state index in [1.54, 1.807) is 0 Å². The van der Waals surface area contributed by atoms with Crippen molar-refractivity contribution >= 4 is 5.97 Å². The predicted octanol–water partition coefficient (Wildman–Crippen LogP) is 2.89. The molecule has 0 bridgehead atoms. The molecule has 0 aromatic carbocycles. The first-order chi connectivity index (χ1) is 8.19. The topological polar surface area (TPSA) is 38.3 Å². The fraction of sp³-hybridized carbons (Fsp3) is 0.929. The molecule has 0 radical (unpaired) electrons. The lowest BCUT2D eigenvalue weighted by Crippen LogP contribution is -2.45. The monoisotopic (exact) mass is 241 g/mol. The van der Waals surface area contributed by atoms with E-state index in [4.69, 9.17) is 4.74 Å². The average Bonchev–Trinajstić information content (AvgIpc) is 2.82. The molecule has 0 amide bonds. The van der Waals surface area contributed by atoms with Crippen LogP contribution in [-0.4, -0.2) is 24.7 Å². The molecule has 0 aromatic heterocycles. The van der Waals surface area contributed by atoms with Gasteiger partial charge in [-0.15, -0.1) is 0 Å². The molecule has 0 aliphatic heterocycles. The minimum Gasteiger partial charge on any atom is -0.465 e. The second-order valence-electron chi connectivity index (χ2n) is 5.09. The second kappa shape index (κ2) is 7.70. The summed E-state index contributed by atoms with van der Waals surface area (Å²) < 4.78 is 5.12. The standard InChI is InChI=1S/C14H27NO2/c1-4-8-13(14(16)17-5-2)15-11(3)12-9-6-7-10-12/h11-13,15H,4-10H2,1-3H3. The van der Waals surface area contributed by atoms with Crippen molar-refractivity contribution in [1.82, 2.24) is 5.32 Å². The summed E-state index contributed by atoms with van der Waals surface area (Å²) in [5, 5.41) is 3.47. The highest BCUT2D eigenvalue weighted by Crippen LogP contribution is 2.27. The molecule has 2 unspecified atom stereocenters. The molecule has 1 saturated carbocycles. The molecule has 17 heavy (non-hydrogen) atoms. The molecule has 0 saturated heterocycles. The minimum atomic E-state index is -0.115. The molecule has 0 aromatic rings. The summed E-state index contributed by atoms with van der Waals surface area (Å²) >= 11 is 0. The zero-order valence-corrected chi connectivity index (χ0v) is 11.5. The Morgan fingerprint density at radius 2 is 2.00 bits per heavy atom. The molecular formula is C14H27NO2. The highest BCUT2D eigenvalue weighted by molar-refractivity contribution is 5.75. The van der Waals surface area contributed by atoms with Gasteiger partial charge in [-0.2, -0.15) is 0 Å². The summed E-state index contributed by atoms with van der Waals surface area (Å²) in [5.74, 6) is 0.656. The number of rotatable bonds is 7. The van der Waals surface area contributed by atoms with Gasteiger partial charge in [0.15, 0.2) is 0 Å². The van der Waals surface area contributed by atoms with Crippen LogP contribution < -0.4 is 5.32 Å². The average molecular weight is 241 g/mol. The van der Waals surface area contributed by atoms with Gasteiger partial charge in [-0.1, -0.05) is 26.2 Å². The first kappa shape index (κ1) is 14.5. The Hall–Kier alpha value is -0.570. The Labute approximate surface area is 105 Å². The number of esters is 1. The summed E-state index contributed by atoms with van der Waals surface area (Å²) in [6.07, 6.45) is 7.17. The summed E-state index contributed by atoms with van der Waals surface area (Å²) in [6.45, 7) is 6.64. The third-order valence-electron chi connectivity index (χ3n) is 3.72. The molecule has 2 atom stereocenters. The molecule has 3 nitrogen and oxygen atoms in total. The summed E-state index contributed by atoms with van der Waals surface area (Å²) in [7, 11) is 0. The summed E-state index contributed by atoms with van der Waals surface area (Å²) in [5.41, 5.74) is 0. The molecule has 3 heteroatoms. The van der Waals surface area contributed by atoms with Crippen molar-refractivity contribution in [2.75, 3.05) is 6.61 Å². The lowest BCUT2D eigenvalue weighted by atomic mass is 9.98. The van der Waals surface area contributed by atoms with Crippen LogP contribution in [0.15, 0.2) is 0 Å². The molecule has 0 spiro atoms. The van der Waals surface area contributed by atoms with Crippen LogP contribution in [0.2, 0.25) is 0 Å². The second-order valence-corrected chi connectivity index (χ2v) is 5.09. The molecule has 100 valence electrons. The number of ether oxygens (including phenoxy) is 1. The van der Waals surface area contributed by atoms with E-state index in [-0.39, 0.29) is 12.0 Å². The minimum absolute atomic E-state index is 0.0841. The molecule has 0 heterocycles. The van der Waals surface area contributed by atoms with Crippen LogP contribution in [0.5, 0.6) is 0 Å². The smallest absolute Gasteiger partial charge is 0.323 e. The highest BCUT2D eigenvalue weighted by Gasteiger charge is 2.26. The van der Waals surface area contributed by atoms with Crippen LogP contribution in [0.25, 0.3) is 0 Å². The number of carbonyl (C=O) groups excluding carboxylic acids is 1. The van der Waals surface area contributed by atoms with E-state index in [2.05, 4.69) is 19.2 Å². The number of hydrogen-bond acceptors (Lipinski definition) is 3. The molecule has 1 fully saturated rings. The summed E-state index contributed by atoms with van der Waals surface area (Å²) in [4.78, 5) is 11.8. The van der Waals surface area contributed by atoms with E-state index in [1.807, 2.05) is 6.92 Å². The zero-order chi connectivity index (χ0) is 12.7. The third kappa shape index (κ3) is 4.66. The molecular weight excluding hydrogens is 214 g/mol. The van der Waals surface area contributed by atoms with E-state index in [1.165, 1.54) is 25.7 Å². The van der Waals surface area contributed by atoms with E-state index >= 15 is 0 Å². The summed E-state index contributed by atoms with van der Waals surface area (Å²) in [6, 6.07) is 0.314. The third-order valence-corrected chi connectivity index (χ3v) is 3.72. The Morgan fingerprint density at radius 3 is 2.53 bits per heavy atom. The van der Waals surface area contributed by atoms with Crippen molar-refractivity contribution in [3.63, 3.8) is 0 Å². The Bertz CT molecular complexity index is 224. The highest BCUT2D eigenvalue weighted by atomic mass is 16.5. The fourth-order valence-electron chi connectivity index (χ4n) is 2.71. The van der Waals surface area contributed by atoms with Gasteiger partial charge >= 0.3 is 5.97 Å². The van der Waals surface area contributed by atoms with Gasteiger partial charge in [0.2, 0.25) is 0 Å². The van der Waals surface area contributed by atoms with E-state index in [9.17, 15) is 4.79 Å². The Kier molecular flexibility index (Phi) is 6.56. The van der Waals surface area contributed by atoms with Crippen molar-refractivity contribution in [2.45, 2.75) is 71.4 Å². The van der Waals surface area contributed by atoms with Crippen molar-refractivity contribution < 1.29 is 9.53 Å². The molecule has 1 N–H and O–H groups in total. The molecule has 1 aliphatic carbocycles. The van der Waals surface area contributed by atoms with E-state index < -0.39 is 0 Å².